The summed E-state index contributed by atoms with van der Waals surface area (Å²) in [6.07, 6.45) is 0. The van der Waals surface area contributed by atoms with Gasteiger partial charge in [0.2, 0.25) is 0 Å². The molecule has 10 aromatic rings. The molecule has 3 heterocycles. The number of hydrogen-bond donors (Lipinski definition) is 0. The van der Waals surface area contributed by atoms with Crippen LogP contribution in [0.2, 0.25) is 0 Å². The Morgan fingerprint density at radius 2 is 1.20 bits per heavy atom. The van der Waals surface area contributed by atoms with Crippen LogP contribution in [-0.4, -0.2) is 14.5 Å². The normalized spacial score (nSPS) is 13.0. The van der Waals surface area contributed by atoms with Crippen LogP contribution < -0.4 is 0 Å². The van der Waals surface area contributed by atoms with Gasteiger partial charge >= 0.3 is 0 Å². The third-order valence-corrected chi connectivity index (χ3v) is 11.5. The van der Waals surface area contributed by atoms with Crippen LogP contribution in [0.4, 0.5) is 0 Å². The van der Waals surface area contributed by atoms with Crippen molar-refractivity contribution >= 4 is 43.7 Å². The molecule has 7 aromatic carbocycles. The number of aromatic nitrogens is 3. The third-order valence-electron chi connectivity index (χ3n) is 11.5. The molecule has 5 heteroatoms. The monoisotopic (exact) mass is 704 g/mol. The molecule has 0 aliphatic heterocycles. The van der Waals surface area contributed by atoms with Gasteiger partial charge in [0.05, 0.1) is 39.1 Å². The first kappa shape index (κ1) is 31.3. The highest BCUT2D eigenvalue weighted by atomic mass is 16.3. The van der Waals surface area contributed by atoms with Gasteiger partial charge in [-0.15, -0.1) is 0 Å². The fourth-order valence-electron chi connectivity index (χ4n) is 8.98. The lowest BCUT2D eigenvalue weighted by molar-refractivity contribution is 0.661. The molecule has 0 saturated heterocycles. The van der Waals surface area contributed by atoms with E-state index in [-0.39, 0.29) is 5.41 Å². The van der Waals surface area contributed by atoms with E-state index < -0.39 is 0 Å². The van der Waals surface area contributed by atoms with Crippen molar-refractivity contribution in [2.45, 2.75) is 19.3 Å². The highest BCUT2D eigenvalue weighted by molar-refractivity contribution is 6.20. The first-order valence-electron chi connectivity index (χ1n) is 18.6. The molecule has 55 heavy (non-hydrogen) atoms. The Labute approximate surface area is 317 Å². The van der Waals surface area contributed by atoms with Gasteiger partial charge in [-0.05, 0) is 52.6 Å². The number of para-hydroxylation sites is 2. The maximum Gasteiger partial charge on any atom is 0.164 e. The molecule has 11 rings (SSSR count). The molecule has 0 amide bonds. The quantitative estimate of drug-likeness (QED) is 0.183. The van der Waals surface area contributed by atoms with Crippen LogP contribution in [-0.2, 0) is 5.41 Å². The molecule has 0 spiro atoms. The largest absolute Gasteiger partial charge is 0.455 e. The highest BCUT2D eigenvalue weighted by Crippen LogP contribution is 2.53. The van der Waals surface area contributed by atoms with Crippen molar-refractivity contribution < 1.29 is 4.42 Å². The van der Waals surface area contributed by atoms with Crippen molar-refractivity contribution in [3.8, 4) is 56.8 Å². The Bertz CT molecular complexity index is 3180. The molecule has 0 radical (unpaired) electrons. The number of nitriles is 1. The average molecular weight is 705 g/mol. The van der Waals surface area contributed by atoms with E-state index in [0.29, 0.717) is 28.4 Å². The minimum absolute atomic E-state index is 0.114. The molecule has 0 fully saturated rings. The molecular formula is C50H32N4O. The molecule has 0 unspecified atom stereocenters. The third kappa shape index (κ3) is 4.40. The lowest BCUT2D eigenvalue weighted by Gasteiger charge is -2.21. The predicted octanol–water partition coefficient (Wildman–Crippen LogP) is 12.7. The van der Waals surface area contributed by atoms with Crippen LogP contribution in [0.5, 0.6) is 0 Å². The minimum Gasteiger partial charge on any atom is -0.455 e. The van der Waals surface area contributed by atoms with E-state index in [2.05, 4.69) is 109 Å². The van der Waals surface area contributed by atoms with Crippen LogP contribution in [0.25, 0.3) is 94.5 Å². The SMILES string of the molecule is CC1(C)c2ccccc2-c2c1ccc1c2c2ccccc2n1-c1ccc(-c2nc(-c3ccccc3)c(C#N)c(-c3ccccc3)n2)c2oc3ccccc3c12. The van der Waals surface area contributed by atoms with Crippen LogP contribution in [0.15, 0.2) is 162 Å². The standard InChI is InChI=1S/C50H32N4O/c1-50(2)37-22-12-9-19-32(37)43-38(50)26-28-40-44(43)33-20-10-13-23-39(33)54(40)41-27-25-35(48-45(41)34-21-11-14-24-42(34)55-48)49-52-46(30-15-5-3-6-16-30)36(29-51)47(53-49)31-17-7-4-8-18-31/h3-28H,1-2H3. The topological polar surface area (TPSA) is 67.6 Å². The second-order valence-electron chi connectivity index (χ2n) is 14.8. The number of benzene rings is 7. The van der Waals surface area contributed by atoms with E-state index >= 15 is 0 Å². The van der Waals surface area contributed by atoms with Gasteiger partial charge in [-0.3, -0.25) is 0 Å². The summed E-state index contributed by atoms with van der Waals surface area (Å²) in [6.45, 7) is 4.67. The van der Waals surface area contributed by atoms with E-state index in [0.717, 1.165) is 49.8 Å². The highest BCUT2D eigenvalue weighted by Gasteiger charge is 2.37. The van der Waals surface area contributed by atoms with Gasteiger partial charge in [0.15, 0.2) is 5.82 Å². The molecule has 1 aliphatic carbocycles. The smallest absolute Gasteiger partial charge is 0.164 e. The molecule has 0 saturated carbocycles. The van der Waals surface area contributed by atoms with E-state index in [1.165, 1.54) is 33.0 Å². The van der Waals surface area contributed by atoms with Crippen LogP contribution in [0.3, 0.4) is 0 Å². The van der Waals surface area contributed by atoms with Crippen molar-refractivity contribution in [3.05, 3.63) is 174 Å². The number of nitrogens with zero attached hydrogens (tertiary/aromatic N) is 4. The summed E-state index contributed by atoms with van der Waals surface area (Å²) in [5.74, 6) is 0.492. The van der Waals surface area contributed by atoms with E-state index in [4.69, 9.17) is 14.4 Å². The van der Waals surface area contributed by atoms with Gasteiger partial charge in [-0.2, -0.15) is 5.26 Å². The van der Waals surface area contributed by atoms with E-state index in [9.17, 15) is 5.26 Å². The number of fused-ring (bicyclic) bond motifs is 10. The van der Waals surface area contributed by atoms with Gasteiger partial charge in [0, 0.05) is 32.7 Å². The first-order valence-corrected chi connectivity index (χ1v) is 18.6. The summed E-state index contributed by atoms with van der Waals surface area (Å²) in [5.41, 5.74) is 14.0. The lowest BCUT2D eigenvalue weighted by Crippen LogP contribution is -2.14. The summed E-state index contributed by atoms with van der Waals surface area (Å²) in [7, 11) is 0. The van der Waals surface area contributed by atoms with Gasteiger partial charge in [-0.25, -0.2) is 9.97 Å². The molecule has 3 aromatic heterocycles. The number of furan rings is 1. The Hall–Kier alpha value is -7.29. The van der Waals surface area contributed by atoms with Gasteiger partial charge in [0.1, 0.15) is 22.8 Å². The molecule has 258 valence electrons. The fraction of sp³-hybridized carbons (Fsp3) is 0.0600. The second kappa shape index (κ2) is 11.6. The van der Waals surface area contributed by atoms with E-state index in [1.807, 2.05) is 72.8 Å². The van der Waals surface area contributed by atoms with Gasteiger partial charge in [-0.1, -0.05) is 141 Å². The summed E-state index contributed by atoms with van der Waals surface area (Å²) in [4.78, 5) is 10.3. The second-order valence-corrected chi connectivity index (χ2v) is 14.8. The van der Waals surface area contributed by atoms with Crippen LogP contribution in [0.1, 0.15) is 30.5 Å². The molecule has 1 aliphatic rings. The molecular weight excluding hydrogens is 673 g/mol. The zero-order valence-electron chi connectivity index (χ0n) is 30.2. The van der Waals surface area contributed by atoms with Gasteiger partial charge in [0.25, 0.3) is 0 Å². The molecule has 0 atom stereocenters. The predicted molar refractivity (Wildman–Crippen MR) is 222 cm³/mol. The zero-order chi connectivity index (χ0) is 36.8. The summed E-state index contributed by atoms with van der Waals surface area (Å²) < 4.78 is 9.24. The maximum atomic E-state index is 10.6. The first-order chi connectivity index (χ1) is 27.0. The van der Waals surface area contributed by atoms with Crippen molar-refractivity contribution in [2.24, 2.45) is 0 Å². The summed E-state index contributed by atoms with van der Waals surface area (Å²) in [5, 5.41) is 15.0. The van der Waals surface area contributed by atoms with E-state index in [1.54, 1.807) is 0 Å². The molecule has 0 N–H and O–H groups in total. The molecule has 0 bridgehead atoms. The summed E-state index contributed by atoms with van der Waals surface area (Å²) in [6, 6.07) is 56.9. The Morgan fingerprint density at radius 3 is 1.93 bits per heavy atom. The number of hydrogen-bond acceptors (Lipinski definition) is 4. The Balaban J connectivity index is 1.24. The van der Waals surface area contributed by atoms with Crippen LogP contribution in [0, 0.1) is 11.3 Å². The summed E-state index contributed by atoms with van der Waals surface area (Å²) >= 11 is 0. The number of rotatable bonds is 4. The van der Waals surface area contributed by atoms with Crippen molar-refractivity contribution in [1.82, 2.24) is 14.5 Å². The maximum absolute atomic E-state index is 10.6. The van der Waals surface area contributed by atoms with Crippen molar-refractivity contribution in [3.63, 3.8) is 0 Å². The molecule has 5 nitrogen and oxygen atoms in total. The minimum atomic E-state index is -0.114. The lowest BCUT2D eigenvalue weighted by atomic mass is 9.82. The average Bonchev–Trinajstić information content (AvgIpc) is 3.87. The van der Waals surface area contributed by atoms with Gasteiger partial charge < -0.3 is 8.98 Å². The Morgan fingerprint density at radius 1 is 0.564 bits per heavy atom. The van der Waals surface area contributed by atoms with Crippen molar-refractivity contribution in [1.29, 1.82) is 5.26 Å². The fourth-order valence-corrected chi connectivity index (χ4v) is 8.98. The zero-order valence-corrected chi connectivity index (χ0v) is 30.2. The Kier molecular flexibility index (Phi) is 6.59. The van der Waals surface area contributed by atoms with Crippen molar-refractivity contribution in [2.75, 3.05) is 0 Å². The van der Waals surface area contributed by atoms with Crippen LogP contribution >= 0.6 is 0 Å².